The van der Waals surface area contributed by atoms with Crippen molar-refractivity contribution in [2.75, 3.05) is 7.11 Å². The van der Waals surface area contributed by atoms with Gasteiger partial charge < -0.3 is 10.5 Å². The molecule has 2 N–H and O–H groups in total. The van der Waals surface area contributed by atoms with E-state index in [1.807, 2.05) is 36.5 Å². The molecule has 0 atom stereocenters. The molecule has 2 aromatic rings. The first-order chi connectivity index (χ1) is 8.33. The van der Waals surface area contributed by atoms with Gasteiger partial charge in [0.2, 0.25) is 0 Å². The molecule has 0 spiro atoms. The second kappa shape index (κ2) is 5.70. The highest BCUT2D eigenvalue weighted by Gasteiger charge is 2.03. The van der Waals surface area contributed by atoms with Crippen molar-refractivity contribution in [1.82, 2.24) is 4.98 Å². The molecule has 0 radical (unpaired) electrons. The Kier molecular flexibility index (Phi) is 4.01. The summed E-state index contributed by atoms with van der Waals surface area (Å²) in [5, 5.41) is 0. The minimum Gasteiger partial charge on any atom is -0.497 e. The molecule has 4 heteroatoms. The van der Waals surface area contributed by atoms with Crippen molar-refractivity contribution < 1.29 is 4.74 Å². The molecule has 17 heavy (non-hydrogen) atoms. The van der Waals surface area contributed by atoms with Crippen LogP contribution in [0.5, 0.6) is 5.75 Å². The van der Waals surface area contributed by atoms with Crippen LogP contribution in [0.4, 0.5) is 0 Å². The third-order valence-corrected chi connectivity index (χ3v) is 3.47. The second-order valence-electron chi connectivity index (χ2n) is 3.47. The Hall–Kier alpha value is -1.52. The van der Waals surface area contributed by atoms with Crippen molar-refractivity contribution in [1.29, 1.82) is 0 Å². The number of ether oxygens (including phenoxy) is 1. The van der Waals surface area contributed by atoms with Crippen LogP contribution in [-0.2, 0) is 6.54 Å². The van der Waals surface area contributed by atoms with Gasteiger partial charge in [-0.1, -0.05) is 11.8 Å². The Bertz CT molecular complexity index is 485. The molecule has 0 saturated heterocycles. The second-order valence-corrected chi connectivity index (χ2v) is 4.58. The first-order valence-corrected chi connectivity index (χ1v) is 6.10. The van der Waals surface area contributed by atoms with Crippen molar-refractivity contribution in [3.63, 3.8) is 0 Å². The number of methoxy groups -OCH3 is 1. The van der Waals surface area contributed by atoms with Crippen molar-refractivity contribution in [2.24, 2.45) is 5.73 Å². The molecule has 0 aliphatic carbocycles. The van der Waals surface area contributed by atoms with Gasteiger partial charge in [0, 0.05) is 28.7 Å². The van der Waals surface area contributed by atoms with E-state index in [0.29, 0.717) is 6.54 Å². The Labute approximate surface area is 105 Å². The Balaban J connectivity index is 2.19. The first kappa shape index (κ1) is 12.0. The zero-order valence-corrected chi connectivity index (χ0v) is 10.4. The van der Waals surface area contributed by atoms with Crippen LogP contribution < -0.4 is 10.5 Å². The molecule has 1 aromatic carbocycles. The summed E-state index contributed by atoms with van der Waals surface area (Å²) in [6, 6.07) is 9.89. The molecule has 0 bridgehead atoms. The zero-order chi connectivity index (χ0) is 12.1. The molecule has 1 heterocycles. The summed E-state index contributed by atoms with van der Waals surface area (Å²) in [5.41, 5.74) is 6.80. The van der Waals surface area contributed by atoms with Crippen molar-refractivity contribution in [2.45, 2.75) is 16.3 Å². The molecule has 0 unspecified atom stereocenters. The Morgan fingerprint density at radius 1 is 1.24 bits per heavy atom. The van der Waals surface area contributed by atoms with E-state index in [1.165, 1.54) is 0 Å². The van der Waals surface area contributed by atoms with Gasteiger partial charge in [0.1, 0.15) is 5.75 Å². The van der Waals surface area contributed by atoms with Gasteiger partial charge in [-0.05, 0) is 35.9 Å². The number of nitrogens with zero attached hydrogens (tertiary/aromatic N) is 1. The number of rotatable bonds is 4. The van der Waals surface area contributed by atoms with E-state index >= 15 is 0 Å². The SMILES string of the molecule is COc1ccc(Sc2cnccc2CN)cc1. The van der Waals surface area contributed by atoms with E-state index in [4.69, 9.17) is 10.5 Å². The lowest BCUT2D eigenvalue weighted by atomic mass is 10.3. The maximum Gasteiger partial charge on any atom is 0.118 e. The molecule has 88 valence electrons. The highest BCUT2D eigenvalue weighted by molar-refractivity contribution is 7.99. The quantitative estimate of drug-likeness (QED) is 0.901. The Morgan fingerprint density at radius 3 is 2.65 bits per heavy atom. The standard InChI is InChI=1S/C13H14N2OS/c1-16-11-2-4-12(5-3-11)17-13-9-15-7-6-10(13)8-14/h2-7,9H,8,14H2,1H3. The predicted octanol–water partition coefficient (Wildman–Crippen LogP) is 2.70. The van der Waals surface area contributed by atoms with Crippen molar-refractivity contribution >= 4 is 11.8 Å². The summed E-state index contributed by atoms with van der Waals surface area (Å²) in [7, 11) is 1.66. The fourth-order valence-corrected chi connectivity index (χ4v) is 2.36. The van der Waals surface area contributed by atoms with Crippen molar-refractivity contribution in [3.05, 3.63) is 48.3 Å². The molecular formula is C13H14N2OS. The topological polar surface area (TPSA) is 48.1 Å². The molecular weight excluding hydrogens is 232 g/mol. The van der Waals surface area contributed by atoms with Crippen LogP contribution in [0.25, 0.3) is 0 Å². The Morgan fingerprint density at radius 2 is 2.00 bits per heavy atom. The summed E-state index contributed by atoms with van der Waals surface area (Å²) in [6.45, 7) is 0.529. The van der Waals surface area contributed by atoms with E-state index < -0.39 is 0 Å². The van der Waals surface area contributed by atoms with Crippen LogP contribution in [0.15, 0.2) is 52.5 Å². The van der Waals surface area contributed by atoms with E-state index in [1.54, 1.807) is 25.1 Å². The monoisotopic (exact) mass is 246 g/mol. The van der Waals surface area contributed by atoms with Crippen LogP contribution in [0.3, 0.4) is 0 Å². The summed E-state index contributed by atoms with van der Waals surface area (Å²) >= 11 is 1.66. The molecule has 0 aliphatic rings. The van der Waals surface area contributed by atoms with Crippen LogP contribution in [0.1, 0.15) is 5.56 Å². The maximum atomic E-state index is 5.69. The molecule has 2 rings (SSSR count). The van der Waals surface area contributed by atoms with Gasteiger partial charge >= 0.3 is 0 Å². The number of hydrogen-bond acceptors (Lipinski definition) is 4. The first-order valence-electron chi connectivity index (χ1n) is 5.28. The van der Waals surface area contributed by atoms with Crippen LogP contribution in [0, 0.1) is 0 Å². The average molecular weight is 246 g/mol. The van der Waals surface area contributed by atoms with Gasteiger partial charge in [-0.25, -0.2) is 0 Å². The number of aromatic nitrogens is 1. The summed E-state index contributed by atoms with van der Waals surface area (Å²) in [5.74, 6) is 0.861. The smallest absolute Gasteiger partial charge is 0.118 e. The minimum atomic E-state index is 0.529. The fourth-order valence-electron chi connectivity index (χ4n) is 1.44. The highest BCUT2D eigenvalue weighted by atomic mass is 32.2. The lowest BCUT2D eigenvalue weighted by Gasteiger charge is -2.07. The van der Waals surface area contributed by atoms with E-state index in [2.05, 4.69) is 4.98 Å². The normalized spacial score (nSPS) is 10.2. The van der Waals surface area contributed by atoms with Gasteiger partial charge in [-0.15, -0.1) is 0 Å². The molecule has 0 fully saturated rings. The van der Waals surface area contributed by atoms with Crippen LogP contribution in [-0.4, -0.2) is 12.1 Å². The number of nitrogens with two attached hydrogens (primary N) is 1. The van der Waals surface area contributed by atoms with Gasteiger partial charge in [-0.2, -0.15) is 0 Å². The van der Waals surface area contributed by atoms with Crippen LogP contribution in [0.2, 0.25) is 0 Å². The third-order valence-electron chi connectivity index (χ3n) is 2.38. The van der Waals surface area contributed by atoms with Crippen LogP contribution >= 0.6 is 11.8 Å². The molecule has 3 nitrogen and oxygen atoms in total. The van der Waals surface area contributed by atoms with Gasteiger partial charge in [-0.3, -0.25) is 4.98 Å². The highest BCUT2D eigenvalue weighted by Crippen LogP contribution is 2.30. The average Bonchev–Trinajstić information content (AvgIpc) is 2.40. The number of benzene rings is 1. The van der Waals surface area contributed by atoms with Crippen molar-refractivity contribution in [3.8, 4) is 5.75 Å². The fraction of sp³-hybridized carbons (Fsp3) is 0.154. The van der Waals surface area contributed by atoms with E-state index in [-0.39, 0.29) is 0 Å². The number of pyridine rings is 1. The molecule has 0 saturated carbocycles. The molecule has 0 amide bonds. The van der Waals surface area contributed by atoms with E-state index in [9.17, 15) is 0 Å². The molecule has 1 aromatic heterocycles. The minimum absolute atomic E-state index is 0.529. The lowest BCUT2D eigenvalue weighted by molar-refractivity contribution is 0.414. The lowest BCUT2D eigenvalue weighted by Crippen LogP contribution is -1.98. The third kappa shape index (κ3) is 2.99. The number of hydrogen-bond donors (Lipinski definition) is 1. The van der Waals surface area contributed by atoms with E-state index in [0.717, 1.165) is 21.1 Å². The van der Waals surface area contributed by atoms with Gasteiger partial charge in [0.25, 0.3) is 0 Å². The molecule has 0 aliphatic heterocycles. The summed E-state index contributed by atoms with van der Waals surface area (Å²) < 4.78 is 5.12. The zero-order valence-electron chi connectivity index (χ0n) is 9.59. The van der Waals surface area contributed by atoms with Gasteiger partial charge in [0.05, 0.1) is 7.11 Å². The van der Waals surface area contributed by atoms with Gasteiger partial charge in [0.15, 0.2) is 0 Å². The predicted molar refractivity (Wildman–Crippen MR) is 69.2 cm³/mol. The maximum absolute atomic E-state index is 5.69. The summed E-state index contributed by atoms with van der Waals surface area (Å²) in [4.78, 5) is 6.37. The largest absolute Gasteiger partial charge is 0.497 e. The summed E-state index contributed by atoms with van der Waals surface area (Å²) in [6.07, 6.45) is 3.61.